The van der Waals surface area contributed by atoms with Crippen molar-refractivity contribution in [3.05, 3.63) is 47.0 Å². The zero-order valence-corrected chi connectivity index (χ0v) is 11.9. The molecular weight excluding hydrogens is 256 g/mol. The third-order valence-corrected chi connectivity index (χ3v) is 3.20. The van der Waals surface area contributed by atoms with Gasteiger partial charge in [0.05, 0.1) is 0 Å². The number of aryl methyl sites for hydroxylation is 2. The third-order valence-electron chi connectivity index (χ3n) is 3.20. The van der Waals surface area contributed by atoms with Crippen LogP contribution in [0.1, 0.15) is 29.7 Å². The van der Waals surface area contributed by atoms with Gasteiger partial charge in [-0.15, -0.1) is 0 Å². The first-order valence-electron chi connectivity index (χ1n) is 6.55. The maximum absolute atomic E-state index is 12.0. The van der Waals surface area contributed by atoms with Gasteiger partial charge in [0.2, 0.25) is 0 Å². The Labute approximate surface area is 118 Å². The van der Waals surface area contributed by atoms with Gasteiger partial charge in [0.15, 0.2) is 5.78 Å². The topological polar surface area (TPSA) is 52.6 Å². The van der Waals surface area contributed by atoms with Gasteiger partial charge in [-0.3, -0.25) is 9.59 Å². The summed E-state index contributed by atoms with van der Waals surface area (Å²) in [6, 6.07) is 5.89. The third kappa shape index (κ3) is 3.33. The molecule has 4 nitrogen and oxygen atoms in total. The summed E-state index contributed by atoms with van der Waals surface area (Å²) in [5.74, 6) is -0.446. The second-order valence-corrected chi connectivity index (χ2v) is 4.98. The molecule has 0 unspecified atom stereocenters. The molecule has 0 amide bonds. The van der Waals surface area contributed by atoms with Crippen LogP contribution < -0.4 is 0 Å². The van der Waals surface area contributed by atoms with Gasteiger partial charge in [0.25, 0.3) is 0 Å². The molecule has 1 aliphatic rings. The van der Waals surface area contributed by atoms with Gasteiger partial charge in [0, 0.05) is 6.92 Å². The number of ketones is 1. The second kappa shape index (κ2) is 6.01. The van der Waals surface area contributed by atoms with Crippen molar-refractivity contribution < 1.29 is 19.1 Å². The highest BCUT2D eigenvalue weighted by atomic mass is 16.6. The van der Waals surface area contributed by atoms with Crippen LogP contribution in [0.5, 0.6) is 0 Å². The summed E-state index contributed by atoms with van der Waals surface area (Å²) in [4.78, 5) is 22.8. The molecule has 0 fully saturated rings. The van der Waals surface area contributed by atoms with Crippen LogP contribution in [-0.2, 0) is 19.1 Å². The molecule has 2 atom stereocenters. The number of esters is 1. The Morgan fingerprint density at radius 3 is 2.75 bits per heavy atom. The summed E-state index contributed by atoms with van der Waals surface area (Å²) in [7, 11) is 0. The quantitative estimate of drug-likeness (QED) is 0.794. The van der Waals surface area contributed by atoms with E-state index in [9.17, 15) is 9.59 Å². The molecule has 0 spiro atoms. The van der Waals surface area contributed by atoms with E-state index in [0.717, 1.165) is 16.7 Å². The van der Waals surface area contributed by atoms with Crippen molar-refractivity contribution in [2.75, 3.05) is 6.61 Å². The number of benzene rings is 1. The van der Waals surface area contributed by atoms with Crippen LogP contribution in [0.4, 0.5) is 0 Å². The summed E-state index contributed by atoms with van der Waals surface area (Å²) >= 11 is 0. The molecule has 4 heteroatoms. The van der Waals surface area contributed by atoms with Gasteiger partial charge in [-0.1, -0.05) is 23.8 Å². The number of ether oxygens (including phenoxy) is 2. The molecule has 106 valence electrons. The molecule has 1 aromatic rings. The average Bonchev–Trinajstić information content (AvgIpc) is 2.38. The van der Waals surface area contributed by atoms with Crippen molar-refractivity contribution in [1.29, 1.82) is 0 Å². The Kier molecular flexibility index (Phi) is 4.35. The molecule has 2 rings (SSSR count). The van der Waals surface area contributed by atoms with E-state index >= 15 is 0 Å². The largest absolute Gasteiger partial charge is 0.463 e. The smallest absolute Gasteiger partial charge is 0.302 e. The van der Waals surface area contributed by atoms with E-state index in [-0.39, 0.29) is 24.5 Å². The average molecular weight is 274 g/mol. The van der Waals surface area contributed by atoms with E-state index in [0.29, 0.717) is 0 Å². The van der Waals surface area contributed by atoms with Crippen molar-refractivity contribution >= 4 is 11.8 Å². The summed E-state index contributed by atoms with van der Waals surface area (Å²) in [6.45, 7) is 5.43. The lowest BCUT2D eigenvalue weighted by Gasteiger charge is -2.26. The lowest BCUT2D eigenvalue weighted by Crippen LogP contribution is -2.29. The van der Waals surface area contributed by atoms with Crippen LogP contribution in [0, 0.1) is 13.8 Å². The van der Waals surface area contributed by atoms with Gasteiger partial charge in [0.1, 0.15) is 18.8 Å². The molecule has 20 heavy (non-hydrogen) atoms. The Morgan fingerprint density at radius 1 is 1.35 bits per heavy atom. The number of carbonyl (C=O) groups excluding carboxylic acids is 2. The van der Waals surface area contributed by atoms with Crippen molar-refractivity contribution in [3.63, 3.8) is 0 Å². The van der Waals surface area contributed by atoms with E-state index in [1.807, 2.05) is 32.0 Å². The van der Waals surface area contributed by atoms with Gasteiger partial charge in [-0.25, -0.2) is 0 Å². The summed E-state index contributed by atoms with van der Waals surface area (Å²) < 4.78 is 10.7. The number of hydrogen-bond donors (Lipinski definition) is 0. The first kappa shape index (κ1) is 14.5. The number of carbonyl (C=O) groups is 2. The molecule has 0 radical (unpaired) electrons. The molecule has 0 bridgehead atoms. The van der Waals surface area contributed by atoms with Gasteiger partial charge in [-0.05, 0) is 37.1 Å². The first-order valence-corrected chi connectivity index (χ1v) is 6.55. The van der Waals surface area contributed by atoms with E-state index in [4.69, 9.17) is 9.47 Å². The fourth-order valence-corrected chi connectivity index (χ4v) is 2.22. The number of hydrogen-bond acceptors (Lipinski definition) is 4. The molecule has 0 saturated carbocycles. The maximum atomic E-state index is 12.0. The normalized spacial score (nSPS) is 21.9. The monoisotopic (exact) mass is 274 g/mol. The van der Waals surface area contributed by atoms with Crippen LogP contribution >= 0.6 is 0 Å². The Hall–Kier alpha value is -1.94. The predicted molar refractivity (Wildman–Crippen MR) is 74.3 cm³/mol. The van der Waals surface area contributed by atoms with Crippen LogP contribution in [0.2, 0.25) is 0 Å². The molecule has 0 saturated heterocycles. The highest BCUT2D eigenvalue weighted by Crippen LogP contribution is 2.28. The highest BCUT2D eigenvalue weighted by molar-refractivity contribution is 5.95. The zero-order valence-electron chi connectivity index (χ0n) is 11.9. The van der Waals surface area contributed by atoms with E-state index in [1.54, 1.807) is 6.08 Å². The van der Waals surface area contributed by atoms with E-state index in [2.05, 4.69) is 0 Å². The van der Waals surface area contributed by atoms with Gasteiger partial charge >= 0.3 is 5.97 Å². The molecule has 0 aliphatic carbocycles. The molecule has 0 aromatic heterocycles. The summed E-state index contributed by atoms with van der Waals surface area (Å²) in [5, 5.41) is 0. The van der Waals surface area contributed by atoms with E-state index in [1.165, 1.54) is 13.0 Å². The molecule has 0 N–H and O–H groups in total. The standard InChI is InChI=1S/C16H18O4/c1-10-4-6-14(11(2)8-10)16-15(18)7-5-13(20-16)9-19-12(3)17/h4-8,13,16H,9H2,1-3H3/t13-,16+/m0/s1. The van der Waals surface area contributed by atoms with Crippen LogP contribution in [0.3, 0.4) is 0 Å². The summed E-state index contributed by atoms with van der Waals surface area (Å²) in [5.41, 5.74) is 3.02. The first-order chi connectivity index (χ1) is 9.47. The second-order valence-electron chi connectivity index (χ2n) is 4.98. The minimum absolute atomic E-state index is 0.0870. The molecule has 1 aliphatic heterocycles. The van der Waals surface area contributed by atoms with Gasteiger partial charge < -0.3 is 9.47 Å². The van der Waals surface area contributed by atoms with Crippen LogP contribution in [-0.4, -0.2) is 24.5 Å². The lowest BCUT2D eigenvalue weighted by molar-refractivity contribution is -0.147. The fraction of sp³-hybridized carbons (Fsp3) is 0.375. The number of rotatable bonds is 3. The van der Waals surface area contributed by atoms with Crippen molar-refractivity contribution in [3.8, 4) is 0 Å². The highest BCUT2D eigenvalue weighted by Gasteiger charge is 2.28. The summed E-state index contributed by atoms with van der Waals surface area (Å²) in [6.07, 6.45) is 2.12. The van der Waals surface area contributed by atoms with Gasteiger partial charge in [-0.2, -0.15) is 0 Å². The van der Waals surface area contributed by atoms with E-state index < -0.39 is 6.10 Å². The van der Waals surface area contributed by atoms with Crippen molar-refractivity contribution in [1.82, 2.24) is 0 Å². The zero-order chi connectivity index (χ0) is 14.7. The predicted octanol–water partition coefficient (Wildman–Crippen LogP) is 2.43. The molecule has 1 aromatic carbocycles. The van der Waals surface area contributed by atoms with Crippen LogP contribution in [0.15, 0.2) is 30.4 Å². The molecule has 1 heterocycles. The van der Waals surface area contributed by atoms with Crippen molar-refractivity contribution in [2.45, 2.75) is 33.0 Å². The minimum Gasteiger partial charge on any atom is -0.463 e. The van der Waals surface area contributed by atoms with Crippen LogP contribution in [0.25, 0.3) is 0 Å². The molecular formula is C16H18O4. The Morgan fingerprint density at radius 2 is 2.10 bits per heavy atom. The lowest BCUT2D eigenvalue weighted by atomic mass is 9.96. The SMILES string of the molecule is CC(=O)OC[C@@H]1C=CC(=O)[C@@H](c2ccc(C)cc2C)O1. The van der Waals surface area contributed by atoms with Crippen molar-refractivity contribution in [2.24, 2.45) is 0 Å². The minimum atomic E-state index is -0.624. The Bertz CT molecular complexity index is 560. The maximum Gasteiger partial charge on any atom is 0.302 e. The fourth-order valence-electron chi connectivity index (χ4n) is 2.22. The Balaban J connectivity index is 2.17.